The van der Waals surface area contributed by atoms with Gasteiger partial charge in [-0.1, -0.05) is 72.8 Å². The van der Waals surface area contributed by atoms with Crippen LogP contribution in [0.3, 0.4) is 0 Å². The van der Waals surface area contributed by atoms with Gasteiger partial charge in [0.1, 0.15) is 6.61 Å². The van der Waals surface area contributed by atoms with Crippen LogP contribution in [-0.2, 0) is 14.0 Å². The van der Waals surface area contributed by atoms with Gasteiger partial charge in [-0.05, 0) is 67.1 Å². The zero-order valence-corrected chi connectivity index (χ0v) is 21.8. The highest BCUT2D eigenvalue weighted by Gasteiger charge is 2.52. The number of nitrogens with two attached hydrogens (primary N) is 1. The summed E-state index contributed by atoms with van der Waals surface area (Å²) in [4.78, 5) is 12.9. The maximum absolute atomic E-state index is 12.9. The lowest BCUT2D eigenvalue weighted by Gasteiger charge is -2.32. The number of hydrogen-bond donors (Lipinski definition) is 2. The van der Waals surface area contributed by atoms with Gasteiger partial charge in [-0.3, -0.25) is 0 Å². The van der Waals surface area contributed by atoms with Gasteiger partial charge in [0.05, 0.1) is 11.2 Å². The topological polar surface area (TPSA) is 82.8 Å². The van der Waals surface area contributed by atoms with Crippen LogP contribution in [-0.4, -0.2) is 37.6 Å². The van der Waals surface area contributed by atoms with Crippen molar-refractivity contribution in [1.82, 2.24) is 5.32 Å². The minimum atomic E-state index is -0.626. The van der Waals surface area contributed by atoms with E-state index in [1.807, 2.05) is 82.3 Å². The molecule has 5 rings (SSSR count). The van der Waals surface area contributed by atoms with Crippen LogP contribution in [0.4, 0.5) is 10.5 Å². The molecular weight excluding hydrogens is 463 g/mol. The fraction of sp³-hybridized carbons (Fsp3) is 0.300. The van der Waals surface area contributed by atoms with Crippen LogP contribution in [0.25, 0.3) is 17.2 Å². The van der Waals surface area contributed by atoms with E-state index in [4.69, 9.17) is 19.8 Å². The van der Waals surface area contributed by atoms with Crippen molar-refractivity contribution in [3.05, 3.63) is 95.0 Å². The van der Waals surface area contributed by atoms with Gasteiger partial charge >= 0.3 is 13.2 Å². The zero-order valence-electron chi connectivity index (χ0n) is 21.8. The van der Waals surface area contributed by atoms with Crippen LogP contribution in [0.1, 0.15) is 50.3 Å². The summed E-state index contributed by atoms with van der Waals surface area (Å²) in [5.74, 6) is 0.000349. The highest BCUT2D eigenvalue weighted by atomic mass is 16.7. The van der Waals surface area contributed by atoms with Crippen LogP contribution in [0.15, 0.2) is 78.3 Å². The molecule has 1 amide bonds. The number of fused-ring (bicyclic) bond motifs is 3. The maximum atomic E-state index is 12.9. The second-order valence-electron chi connectivity index (χ2n) is 10.6. The van der Waals surface area contributed by atoms with Crippen molar-refractivity contribution in [2.24, 2.45) is 0 Å². The molecule has 7 heteroatoms. The van der Waals surface area contributed by atoms with Crippen molar-refractivity contribution in [2.45, 2.75) is 44.8 Å². The first-order valence-electron chi connectivity index (χ1n) is 12.7. The van der Waals surface area contributed by atoms with E-state index in [-0.39, 0.29) is 19.1 Å². The van der Waals surface area contributed by atoms with E-state index in [1.165, 1.54) is 22.3 Å². The third-order valence-electron chi connectivity index (χ3n) is 7.67. The molecule has 1 fully saturated rings. The first-order chi connectivity index (χ1) is 17.7. The SMILES string of the molecule is CC1(C)OB(C(=Cc2ccccc2N)CNC(=O)OCC2c3ccccc3-c3ccccc32)OC1(C)C. The number of benzene rings is 3. The summed E-state index contributed by atoms with van der Waals surface area (Å²) in [5.41, 5.74) is 12.1. The second kappa shape index (κ2) is 9.73. The zero-order chi connectivity index (χ0) is 26.2. The van der Waals surface area contributed by atoms with Gasteiger partial charge < -0.3 is 25.1 Å². The Morgan fingerprint density at radius 1 is 0.919 bits per heavy atom. The fourth-order valence-corrected chi connectivity index (χ4v) is 4.86. The molecule has 1 heterocycles. The molecule has 0 bridgehead atoms. The molecule has 0 aromatic heterocycles. The molecule has 1 aliphatic carbocycles. The van der Waals surface area contributed by atoms with Crippen LogP contribution in [0, 0.1) is 0 Å². The molecule has 3 aromatic carbocycles. The quantitative estimate of drug-likeness (QED) is 0.332. The molecule has 0 spiro atoms. The standard InChI is InChI=1S/C30H33BN2O4/c1-29(2)30(3,4)37-31(36-29)21(17-20-11-5-10-16-27(20)32)18-33-28(34)35-19-26-24-14-8-6-12-22(24)23-13-7-9-15-25(23)26/h5-17,26H,18-19,32H2,1-4H3,(H,33,34). The lowest BCUT2D eigenvalue weighted by molar-refractivity contribution is 0.00578. The Labute approximate surface area is 219 Å². The van der Waals surface area contributed by atoms with Crippen molar-refractivity contribution in [3.63, 3.8) is 0 Å². The van der Waals surface area contributed by atoms with Crippen molar-refractivity contribution >= 4 is 25.0 Å². The van der Waals surface area contributed by atoms with Crippen molar-refractivity contribution in [3.8, 4) is 11.1 Å². The van der Waals surface area contributed by atoms with E-state index in [0.29, 0.717) is 5.69 Å². The first-order valence-corrected chi connectivity index (χ1v) is 12.7. The minimum Gasteiger partial charge on any atom is -0.449 e. The Morgan fingerprint density at radius 2 is 1.46 bits per heavy atom. The number of ether oxygens (including phenoxy) is 1. The molecule has 1 saturated heterocycles. The summed E-state index contributed by atoms with van der Waals surface area (Å²) in [6.07, 6.45) is 1.42. The smallest absolute Gasteiger partial charge is 0.449 e. The van der Waals surface area contributed by atoms with Gasteiger partial charge in [0.15, 0.2) is 0 Å². The largest absolute Gasteiger partial charge is 0.492 e. The van der Waals surface area contributed by atoms with E-state index >= 15 is 0 Å². The number of alkyl carbamates (subject to hydrolysis) is 1. The predicted octanol–water partition coefficient (Wildman–Crippen LogP) is 5.82. The highest BCUT2D eigenvalue weighted by Crippen LogP contribution is 2.44. The van der Waals surface area contributed by atoms with Crippen LogP contribution in [0.5, 0.6) is 0 Å². The molecule has 37 heavy (non-hydrogen) atoms. The average molecular weight is 496 g/mol. The van der Waals surface area contributed by atoms with Crippen LogP contribution >= 0.6 is 0 Å². The number of carbonyl (C=O) groups is 1. The van der Waals surface area contributed by atoms with E-state index in [2.05, 4.69) is 29.6 Å². The molecule has 3 aromatic rings. The van der Waals surface area contributed by atoms with Crippen molar-refractivity contribution < 1.29 is 18.8 Å². The Hall–Kier alpha value is -3.55. The van der Waals surface area contributed by atoms with Gasteiger partial charge in [0.25, 0.3) is 0 Å². The first kappa shape index (κ1) is 25.1. The third kappa shape index (κ3) is 4.89. The number of anilines is 1. The molecule has 0 atom stereocenters. The Bertz CT molecular complexity index is 1290. The van der Waals surface area contributed by atoms with Gasteiger partial charge in [0.2, 0.25) is 0 Å². The number of nitrogens with one attached hydrogen (secondary N) is 1. The summed E-state index contributed by atoms with van der Waals surface area (Å²) >= 11 is 0. The summed E-state index contributed by atoms with van der Waals surface area (Å²) in [7, 11) is -0.626. The molecule has 0 unspecified atom stereocenters. The van der Waals surface area contributed by atoms with Gasteiger partial charge in [-0.15, -0.1) is 0 Å². The predicted molar refractivity (Wildman–Crippen MR) is 148 cm³/mol. The maximum Gasteiger partial charge on any atom is 0.492 e. The molecule has 6 nitrogen and oxygen atoms in total. The molecule has 0 saturated carbocycles. The van der Waals surface area contributed by atoms with E-state index in [1.54, 1.807) is 0 Å². The molecule has 190 valence electrons. The molecular formula is C30H33BN2O4. The average Bonchev–Trinajstić information content (AvgIpc) is 3.30. The van der Waals surface area contributed by atoms with Crippen LogP contribution in [0.2, 0.25) is 0 Å². The van der Waals surface area contributed by atoms with Gasteiger partial charge in [-0.2, -0.15) is 0 Å². The molecule has 3 N–H and O–H groups in total. The number of rotatable bonds is 6. The molecule has 0 radical (unpaired) electrons. The Kier molecular flexibility index (Phi) is 6.60. The van der Waals surface area contributed by atoms with Gasteiger partial charge in [0, 0.05) is 18.2 Å². The molecule has 2 aliphatic rings. The lowest BCUT2D eigenvalue weighted by atomic mass is 9.77. The Balaban J connectivity index is 1.30. The monoisotopic (exact) mass is 496 g/mol. The molecule has 1 aliphatic heterocycles. The minimum absolute atomic E-state index is 0.000349. The van der Waals surface area contributed by atoms with E-state index < -0.39 is 24.4 Å². The van der Waals surface area contributed by atoms with Crippen molar-refractivity contribution in [2.75, 3.05) is 18.9 Å². The normalized spacial score (nSPS) is 17.8. The highest BCUT2D eigenvalue weighted by molar-refractivity contribution is 6.56. The summed E-state index contributed by atoms with van der Waals surface area (Å²) in [6, 6.07) is 24.1. The third-order valence-corrected chi connectivity index (χ3v) is 7.67. The number of carbonyl (C=O) groups excluding carboxylic acids is 1. The fourth-order valence-electron chi connectivity index (χ4n) is 4.86. The lowest BCUT2D eigenvalue weighted by Crippen LogP contribution is -2.41. The van der Waals surface area contributed by atoms with Crippen LogP contribution < -0.4 is 11.1 Å². The number of para-hydroxylation sites is 1. The van der Waals surface area contributed by atoms with Gasteiger partial charge in [-0.25, -0.2) is 4.79 Å². The number of hydrogen-bond acceptors (Lipinski definition) is 5. The van der Waals surface area contributed by atoms with E-state index in [0.717, 1.165) is 11.0 Å². The summed E-state index contributed by atoms with van der Waals surface area (Å²) in [5, 5.41) is 2.90. The Morgan fingerprint density at radius 3 is 2.05 bits per heavy atom. The van der Waals surface area contributed by atoms with E-state index in [9.17, 15) is 4.79 Å². The number of nitrogen functional groups attached to an aromatic ring is 1. The number of amides is 1. The van der Waals surface area contributed by atoms with Crippen molar-refractivity contribution in [1.29, 1.82) is 0 Å². The summed E-state index contributed by atoms with van der Waals surface area (Å²) < 4.78 is 18.3. The second-order valence-corrected chi connectivity index (χ2v) is 10.6. The summed E-state index contributed by atoms with van der Waals surface area (Å²) in [6.45, 7) is 8.45.